The Labute approximate surface area is 124 Å². The number of rotatable bonds is 6. The third kappa shape index (κ3) is 4.99. The smallest absolute Gasteiger partial charge is 0.0829 e. The molecule has 0 radical (unpaired) electrons. The second kappa shape index (κ2) is 8.32. The van der Waals surface area contributed by atoms with E-state index in [2.05, 4.69) is 35.9 Å². The summed E-state index contributed by atoms with van der Waals surface area (Å²) in [6.45, 7) is 15.9. The van der Waals surface area contributed by atoms with Crippen molar-refractivity contribution in [3.8, 4) is 0 Å². The fraction of sp³-hybridized carbons (Fsp3) is 1.00. The van der Waals surface area contributed by atoms with Crippen molar-refractivity contribution in [1.82, 2.24) is 15.1 Å². The Morgan fingerprint density at radius 2 is 2.00 bits per heavy atom. The minimum Gasteiger partial charge on any atom is -0.374 e. The molecule has 0 aromatic rings. The maximum Gasteiger partial charge on any atom is 0.0829 e. The van der Waals surface area contributed by atoms with Crippen molar-refractivity contribution in [3.63, 3.8) is 0 Å². The zero-order valence-corrected chi connectivity index (χ0v) is 13.6. The van der Waals surface area contributed by atoms with E-state index < -0.39 is 0 Å². The Hall–Kier alpha value is -0.160. The van der Waals surface area contributed by atoms with Gasteiger partial charge in [-0.1, -0.05) is 6.92 Å². The minimum atomic E-state index is 0.396. The molecule has 0 aromatic heterocycles. The summed E-state index contributed by atoms with van der Waals surface area (Å²) >= 11 is 0. The van der Waals surface area contributed by atoms with Crippen LogP contribution in [-0.4, -0.2) is 74.4 Å². The van der Waals surface area contributed by atoms with Crippen molar-refractivity contribution in [2.75, 3.05) is 52.4 Å². The van der Waals surface area contributed by atoms with Crippen LogP contribution in [0.4, 0.5) is 0 Å². The van der Waals surface area contributed by atoms with Gasteiger partial charge >= 0.3 is 0 Å². The molecule has 2 aliphatic heterocycles. The number of nitrogens with zero attached hydrogens (tertiary/aromatic N) is 2. The lowest BCUT2D eigenvalue weighted by Gasteiger charge is -2.38. The Morgan fingerprint density at radius 3 is 2.65 bits per heavy atom. The fourth-order valence-corrected chi connectivity index (χ4v) is 3.33. The highest BCUT2D eigenvalue weighted by Gasteiger charge is 2.25. The lowest BCUT2D eigenvalue weighted by molar-refractivity contribution is -0.0478. The van der Waals surface area contributed by atoms with Crippen molar-refractivity contribution in [3.05, 3.63) is 0 Å². The van der Waals surface area contributed by atoms with E-state index in [1.54, 1.807) is 0 Å². The van der Waals surface area contributed by atoms with Crippen LogP contribution in [-0.2, 0) is 4.74 Å². The third-order valence-electron chi connectivity index (χ3n) is 4.79. The molecule has 4 nitrogen and oxygen atoms in total. The predicted octanol–water partition coefficient (Wildman–Crippen LogP) is 1.42. The Morgan fingerprint density at radius 1 is 1.25 bits per heavy atom. The van der Waals surface area contributed by atoms with Crippen LogP contribution in [0, 0.1) is 5.92 Å². The molecule has 0 aromatic carbocycles. The number of ether oxygens (including phenoxy) is 1. The maximum absolute atomic E-state index is 5.98. The first-order chi connectivity index (χ1) is 9.69. The summed E-state index contributed by atoms with van der Waals surface area (Å²) in [4.78, 5) is 5.15. The monoisotopic (exact) mass is 283 g/mol. The molecule has 4 heteroatoms. The molecule has 1 unspecified atom stereocenters. The number of likely N-dealkylation sites (N-methyl/N-ethyl adjacent to an activating group) is 1. The summed E-state index contributed by atoms with van der Waals surface area (Å²) in [6.07, 6.45) is 3.05. The van der Waals surface area contributed by atoms with E-state index in [0.29, 0.717) is 12.1 Å². The summed E-state index contributed by atoms with van der Waals surface area (Å²) < 4.78 is 5.98. The molecule has 0 aliphatic carbocycles. The van der Waals surface area contributed by atoms with E-state index in [1.807, 2.05) is 0 Å². The lowest BCUT2D eigenvalue weighted by Crippen LogP contribution is -2.50. The first kappa shape index (κ1) is 16.2. The summed E-state index contributed by atoms with van der Waals surface area (Å²) in [5, 5.41) is 3.46. The van der Waals surface area contributed by atoms with Crippen LogP contribution < -0.4 is 5.32 Å². The standard InChI is InChI=1S/C16H33N3O/c1-4-18-9-10-20-16(12-18)13-19(14(2)3)11-15-5-7-17-8-6-15/h14-17H,4-13H2,1-3H3. The van der Waals surface area contributed by atoms with Crippen LogP contribution >= 0.6 is 0 Å². The molecule has 2 fully saturated rings. The van der Waals surface area contributed by atoms with Crippen LogP contribution in [0.15, 0.2) is 0 Å². The number of hydrogen-bond donors (Lipinski definition) is 1. The average Bonchev–Trinajstić information content (AvgIpc) is 2.48. The van der Waals surface area contributed by atoms with Crippen LogP contribution in [0.5, 0.6) is 0 Å². The average molecular weight is 283 g/mol. The van der Waals surface area contributed by atoms with Crippen LogP contribution in [0.1, 0.15) is 33.6 Å². The van der Waals surface area contributed by atoms with Crippen molar-refractivity contribution < 1.29 is 4.74 Å². The largest absolute Gasteiger partial charge is 0.374 e. The molecule has 20 heavy (non-hydrogen) atoms. The molecule has 118 valence electrons. The fourth-order valence-electron chi connectivity index (χ4n) is 3.33. The summed E-state index contributed by atoms with van der Waals surface area (Å²) in [5.74, 6) is 0.865. The first-order valence-electron chi connectivity index (χ1n) is 8.47. The normalized spacial score (nSPS) is 26.6. The highest BCUT2D eigenvalue weighted by molar-refractivity contribution is 4.79. The van der Waals surface area contributed by atoms with Gasteiger partial charge in [0.2, 0.25) is 0 Å². The van der Waals surface area contributed by atoms with Crippen molar-refractivity contribution >= 4 is 0 Å². The van der Waals surface area contributed by atoms with Gasteiger partial charge in [0.15, 0.2) is 0 Å². The Bertz CT molecular complexity index is 266. The van der Waals surface area contributed by atoms with Gasteiger partial charge in [-0.25, -0.2) is 0 Å². The molecule has 2 rings (SSSR count). The minimum absolute atomic E-state index is 0.396. The van der Waals surface area contributed by atoms with Gasteiger partial charge in [0.1, 0.15) is 0 Å². The number of piperidine rings is 1. The summed E-state index contributed by atoms with van der Waals surface area (Å²) in [6, 6.07) is 0.616. The van der Waals surface area contributed by atoms with E-state index >= 15 is 0 Å². The first-order valence-corrected chi connectivity index (χ1v) is 8.47. The molecule has 0 spiro atoms. The highest BCUT2D eigenvalue weighted by Crippen LogP contribution is 2.17. The van der Waals surface area contributed by atoms with Crippen molar-refractivity contribution in [2.24, 2.45) is 5.92 Å². The topological polar surface area (TPSA) is 27.7 Å². The quantitative estimate of drug-likeness (QED) is 0.798. The van der Waals surface area contributed by atoms with Crippen LogP contribution in [0.2, 0.25) is 0 Å². The van der Waals surface area contributed by atoms with Gasteiger partial charge in [-0.05, 0) is 52.2 Å². The van der Waals surface area contributed by atoms with E-state index in [-0.39, 0.29) is 0 Å². The van der Waals surface area contributed by atoms with Gasteiger partial charge in [0.25, 0.3) is 0 Å². The molecule has 1 atom stereocenters. The number of morpholine rings is 1. The van der Waals surface area contributed by atoms with Gasteiger partial charge in [-0.2, -0.15) is 0 Å². The molecule has 0 amide bonds. The van der Waals surface area contributed by atoms with Gasteiger partial charge < -0.3 is 10.1 Å². The molecule has 1 N–H and O–H groups in total. The number of nitrogens with one attached hydrogen (secondary N) is 1. The van der Waals surface area contributed by atoms with E-state index in [1.165, 1.54) is 32.5 Å². The van der Waals surface area contributed by atoms with E-state index in [9.17, 15) is 0 Å². The molecule has 0 bridgehead atoms. The maximum atomic E-state index is 5.98. The lowest BCUT2D eigenvalue weighted by atomic mass is 9.97. The predicted molar refractivity (Wildman–Crippen MR) is 84.2 cm³/mol. The molecular weight excluding hydrogens is 250 g/mol. The third-order valence-corrected chi connectivity index (χ3v) is 4.79. The van der Waals surface area contributed by atoms with Crippen LogP contribution in [0.3, 0.4) is 0 Å². The molecule has 0 saturated carbocycles. The zero-order valence-electron chi connectivity index (χ0n) is 13.6. The van der Waals surface area contributed by atoms with Gasteiger partial charge in [0.05, 0.1) is 12.7 Å². The second-order valence-corrected chi connectivity index (χ2v) is 6.63. The van der Waals surface area contributed by atoms with Crippen LogP contribution in [0.25, 0.3) is 0 Å². The van der Waals surface area contributed by atoms with Gasteiger partial charge in [-0.3, -0.25) is 9.80 Å². The number of hydrogen-bond acceptors (Lipinski definition) is 4. The van der Waals surface area contributed by atoms with E-state index in [4.69, 9.17) is 4.74 Å². The second-order valence-electron chi connectivity index (χ2n) is 6.63. The summed E-state index contributed by atoms with van der Waals surface area (Å²) in [5.41, 5.74) is 0. The van der Waals surface area contributed by atoms with Crippen molar-refractivity contribution in [2.45, 2.75) is 45.8 Å². The molecule has 2 heterocycles. The Kier molecular flexibility index (Phi) is 6.75. The zero-order chi connectivity index (χ0) is 14.4. The van der Waals surface area contributed by atoms with Gasteiger partial charge in [-0.15, -0.1) is 0 Å². The van der Waals surface area contributed by atoms with Crippen molar-refractivity contribution in [1.29, 1.82) is 0 Å². The highest BCUT2D eigenvalue weighted by atomic mass is 16.5. The van der Waals surface area contributed by atoms with Gasteiger partial charge in [0, 0.05) is 32.2 Å². The Balaban J connectivity index is 1.81. The molecule has 2 saturated heterocycles. The SMILES string of the molecule is CCN1CCOC(CN(CC2CCNCC2)C(C)C)C1. The molecular formula is C16H33N3O. The summed E-state index contributed by atoms with van der Waals surface area (Å²) in [7, 11) is 0. The molecule has 2 aliphatic rings. The van der Waals surface area contributed by atoms with E-state index in [0.717, 1.165) is 38.7 Å².